The number of fused-ring (bicyclic) bond motifs is 1. The molecule has 0 saturated carbocycles. The molecule has 0 saturated heterocycles. The zero-order valence-corrected chi connectivity index (χ0v) is 9.15. The summed E-state index contributed by atoms with van der Waals surface area (Å²) in [6.07, 6.45) is 2.09. The van der Waals surface area contributed by atoms with Crippen LogP contribution in [0.25, 0.3) is 0 Å². The number of nitrogens with two attached hydrogens (primary N) is 1. The Hall–Kier alpha value is -0.700. The van der Waals surface area contributed by atoms with Crippen LogP contribution in [0.4, 0.5) is 5.69 Å². The highest BCUT2D eigenvalue weighted by molar-refractivity contribution is 9.10. The Labute approximate surface area is 86.2 Å². The molecule has 0 aliphatic carbocycles. The average molecular weight is 242 g/mol. The highest BCUT2D eigenvalue weighted by Crippen LogP contribution is 2.37. The second-order valence-corrected chi connectivity index (χ2v) is 4.20. The van der Waals surface area contributed by atoms with Crippen LogP contribution >= 0.6 is 15.9 Å². The number of nitrogen functional groups attached to an aromatic ring is 1. The van der Waals surface area contributed by atoms with Gasteiger partial charge in [-0.05, 0) is 47.3 Å². The first kappa shape index (κ1) is 8.88. The summed E-state index contributed by atoms with van der Waals surface area (Å²) in [7, 11) is 0. The van der Waals surface area contributed by atoms with Gasteiger partial charge in [-0.3, -0.25) is 0 Å². The van der Waals surface area contributed by atoms with Crippen molar-refractivity contribution in [2.75, 3.05) is 12.3 Å². The van der Waals surface area contributed by atoms with Gasteiger partial charge >= 0.3 is 0 Å². The van der Waals surface area contributed by atoms with Crippen LogP contribution in [0.3, 0.4) is 0 Å². The predicted octanol–water partition coefficient (Wildman–Crippen LogP) is 2.66. The number of aryl methyl sites for hydroxylation is 1. The van der Waals surface area contributed by atoms with Gasteiger partial charge in [0.15, 0.2) is 0 Å². The number of ether oxygens (including phenoxy) is 1. The van der Waals surface area contributed by atoms with E-state index in [0.29, 0.717) is 0 Å². The van der Waals surface area contributed by atoms with Crippen LogP contribution in [0.1, 0.15) is 17.5 Å². The van der Waals surface area contributed by atoms with E-state index < -0.39 is 0 Å². The molecule has 0 fully saturated rings. The molecule has 1 aromatic rings. The Morgan fingerprint density at radius 3 is 3.08 bits per heavy atom. The van der Waals surface area contributed by atoms with Gasteiger partial charge < -0.3 is 10.5 Å². The molecule has 1 aromatic carbocycles. The van der Waals surface area contributed by atoms with E-state index in [1.54, 1.807) is 0 Å². The van der Waals surface area contributed by atoms with Crippen LogP contribution in [-0.2, 0) is 6.42 Å². The van der Waals surface area contributed by atoms with Gasteiger partial charge in [0, 0.05) is 10.0 Å². The smallest absolute Gasteiger partial charge is 0.127 e. The number of hydrogen-bond acceptors (Lipinski definition) is 2. The van der Waals surface area contributed by atoms with E-state index in [0.717, 1.165) is 46.5 Å². The third-order valence-corrected chi connectivity index (χ3v) is 3.03. The predicted molar refractivity (Wildman–Crippen MR) is 57.1 cm³/mol. The van der Waals surface area contributed by atoms with E-state index in [-0.39, 0.29) is 0 Å². The molecule has 0 radical (unpaired) electrons. The SMILES string of the molecule is Cc1cc(Br)c(N)c2c1OCCC2. The minimum atomic E-state index is 0.814. The number of halogens is 1. The van der Waals surface area contributed by atoms with Crippen molar-refractivity contribution in [3.8, 4) is 5.75 Å². The van der Waals surface area contributed by atoms with Crippen LogP contribution in [0.5, 0.6) is 5.75 Å². The normalized spacial score (nSPS) is 14.9. The minimum Gasteiger partial charge on any atom is -0.493 e. The fourth-order valence-corrected chi connectivity index (χ4v) is 2.29. The van der Waals surface area contributed by atoms with Crippen molar-refractivity contribution in [1.29, 1.82) is 0 Å². The second-order valence-electron chi connectivity index (χ2n) is 3.35. The first-order valence-corrected chi connectivity index (χ1v) is 5.19. The maximum Gasteiger partial charge on any atom is 0.127 e. The Balaban J connectivity index is 2.63. The average Bonchev–Trinajstić information content (AvgIpc) is 2.15. The number of benzene rings is 1. The standard InChI is InChI=1S/C10H12BrNO/c1-6-5-8(11)9(12)7-3-2-4-13-10(6)7/h5H,2-4,12H2,1H3. The molecule has 2 N–H and O–H groups in total. The lowest BCUT2D eigenvalue weighted by Gasteiger charge is -2.21. The van der Waals surface area contributed by atoms with E-state index >= 15 is 0 Å². The van der Waals surface area contributed by atoms with Crippen LogP contribution in [-0.4, -0.2) is 6.61 Å². The summed E-state index contributed by atoms with van der Waals surface area (Å²) in [5.74, 6) is 0.993. The largest absolute Gasteiger partial charge is 0.493 e. The van der Waals surface area contributed by atoms with Crippen LogP contribution < -0.4 is 10.5 Å². The third-order valence-electron chi connectivity index (χ3n) is 2.38. The van der Waals surface area contributed by atoms with Gasteiger partial charge in [0.25, 0.3) is 0 Å². The van der Waals surface area contributed by atoms with E-state index in [1.165, 1.54) is 0 Å². The van der Waals surface area contributed by atoms with Crippen LogP contribution in [0, 0.1) is 6.92 Å². The van der Waals surface area contributed by atoms with Gasteiger partial charge in [0.05, 0.1) is 12.3 Å². The lowest BCUT2D eigenvalue weighted by molar-refractivity contribution is 0.286. The molecule has 13 heavy (non-hydrogen) atoms. The summed E-state index contributed by atoms with van der Waals surface area (Å²) in [5.41, 5.74) is 9.11. The van der Waals surface area contributed by atoms with Gasteiger partial charge in [-0.1, -0.05) is 0 Å². The highest BCUT2D eigenvalue weighted by atomic mass is 79.9. The van der Waals surface area contributed by atoms with Crippen molar-refractivity contribution < 1.29 is 4.74 Å². The molecule has 70 valence electrons. The van der Waals surface area contributed by atoms with Crippen molar-refractivity contribution in [3.05, 3.63) is 21.7 Å². The maximum atomic E-state index is 5.95. The molecule has 0 aromatic heterocycles. The van der Waals surface area contributed by atoms with E-state index in [9.17, 15) is 0 Å². The molecule has 1 aliphatic rings. The second kappa shape index (κ2) is 3.22. The quantitative estimate of drug-likeness (QED) is 0.710. The van der Waals surface area contributed by atoms with Gasteiger partial charge in [0.2, 0.25) is 0 Å². The van der Waals surface area contributed by atoms with Crippen molar-refractivity contribution in [3.63, 3.8) is 0 Å². The summed E-state index contributed by atoms with van der Waals surface area (Å²) < 4.78 is 6.57. The van der Waals surface area contributed by atoms with E-state index in [2.05, 4.69) is 15.9 Å². The molecule has 0 bridgehead atoms. The zero-order valence-electron chi connectivity index (χ0n) is 7.56. The Bertz CT molecular complexity index is 349. The number of rotatable bonds is 0. The van der Waals surface area contributed by atoms with E-state index in [4.69, 9.17) is 10.5 Å². The molecular weight excluding hydrogens is 230 g/mol. The molecular formula is C10H12BrNO. The molecule has 3 heteroatoms. The first-order valence-electron chi connectivity index (χ1n) is 4.40. The van der Waals surface area contributed by atoms with Crippen LogP contribution in [0.15, 0.2) is 10.5 Å². The minimum absolute atomic E-state index is 0.814. The molecule has 0 spiro atoms. The third kappa shape index (κ3) is 1.41. The molecule has 0 atom stereocenters. The van der Waals surface area contributed by atoms with Crippen molar-refractivity contribution >= 4 is 21.6 Å². The summed E-state index contributed by atoms with van der Waals surface area (Å²) >= 11 is 3.44. The molecule has 1 heterocycles. The lowest BCUT2D eigenvalue weighted by Crippen LogP contribution is -2.12. The summed E-state index contributed by atoms with van der Waals surface area (Å²) in [6.45, 7) is 2.86. The zero-order chi connectivity index (χ0) is 9.42. The molecule has 0 amide bonds. The van der Waals surface area contributed by atoms with Crippen molar-refractivity contribution in [2.24, 2.45) is 0 Å². The lowest BCUT2D eigenvalue weighted by atomic mass is 10.0. The maximum absolute atomic E-state index is 5.95. The molecule has 2 nitrogen and oxygen atoms in total. The van der Waals surface area contributed by atoms with Gasteiger partial charge in [0.1, 0.15) is 5.75 Å². The topological polar surface area (TPSA) is 35.2 Å². The fourth-order valence-electron chi connectivity index (χ4n) is 1.71. The molecule has 0 unspecified atom stereocenters. The van der Waals surface area contributed by atoms with Crippen LogP contribution in [0.2, 0.25) is 0 Å². The van der Waals surface area contributed by atoms with E-state index in [1.807, 2.05) is 13.0 Å². The van der Waals surface area contributed by atoms with Gasteiger partial charge in [-0.25, -0.2) is 0 Å². The summed E-state index contributed by atoms with van der Waals surface area (Å²) in [4.78, 5) is 0. The first-order chi connectivity index (χ1) is 6.20. The van der Waals surface area contributed by atoms with Crippen molar-refractivity contribution in [1.82, 2.24) is 0 Å². The summed E-state index contributed by atoms with van der Waals surface area (Å²) in [5, 5.41) is 0. The number of hydrogen-bond donors (Lipinski definition) is 1. The Morgan fingerprint density at radius 2 is 2.31 bits per heavy atom. The number of anilines is 1. The summed E-state index contributed by atoms with van der Waals surface area (Å²) in [6, 6.07) is 2.01. The molecule has 1 aliphatic heterocycles. The Morgan fingerprint density at radius 1 is 1.54 bits per heavy atom. The fraction of sp³-hybridized carbons (Fsp3) is 0.400. The monoisotopic (exact) mass is 241 g/mol. The highest BCUT2D eigenvalue weighted by Gasteiger charge is 2.17. The van der Waals surface area contributed by atoms with Crippen molar-refractivity contribution in [2.45, 2.75) is 19.8 Å². The Kier molecular flexibility index (Phi) is 2.20. The molecule has 2 rings (SSSR count). The van der Waals surface area contributed by atoms with Gasteiger partial charge in [-0.15, -0.1) is 0 Å². The van der Waals surface area contributed by atoms with Gasteiger partial charge in [-0.2, -0.15) is 0 Å².